The topological polar surface area (TPSA) is 27.7 Å². The number of hydrogen-bond donors (Lipinski definition) is 0. The zero-order valence-electron chi connectivity index (χ0n) is 16.0. The van der Waals surface area contributed by atoms with E-state index in [1.54, 1.807) is 0 Å². The Hall–Kier alpha value is -1.64. The normalized spacial score (nSPS) is 28.8. The Kier molecular flexibility index (Phi) is 6.55. The van der Waals surface area contributed by atoms with Crippen LogP contribution < -0.4 is 9.47 Å². The van der Waals surface area contributed by atoms with Crippen LogP contribution in [0.2, 0.25) is 0 Å². The molecule has 166 valence electrons. The minimum Gasteiger partial charge on any atom is -0.432 e. The fourth-order valence-electron chi connectivity index (χ4n) is 4.10. The van der Waals surface area contributed by atoms with Crippen molar-refractivity contribution in [2.45, 2.75) is 64.0 Å². The monoisotopic (exact) mass is 428 g/mol. The van der Waals surface area contributed by atoms with E-state index in [1.165, 1.54) is 0 Å². The van der Waals surface area contributed by atoms with Crippen LogP contribution in [0.3, 0.4) is 0 Å². The predicted octanol–water partition coefficient (Wildman–Crippen LogP) is 6.56. The van der Waals surface area contributed by atoms with Crippen molar-refractivity contribution in [2.24, 2.45) is 17.8 Å². The number of hydrogen-bond acceptors (Lipinski definition) is 3. The summed E-state index contributed by atoms with van der Waals surface area (Å²) in [6.45, 7) is 2.82. The smallest absolute Gasteiger partial charge is 0.432 e. The average Bonchev–Trinajstić information content (AvgIpc) is 2.63. The largest absolute Gasteiger partial charge is 0.573 e. The molecule has 2 unspecified atom stereocenters. The van der Waals surface area contributed by atoms with Crippen LogP contribution in [-0.4, -0.2) is 25.2 Å². The molecule has 1 saturated heterocycles. The molecule has 9 heteroatoms. The van der Waals surface area contributed by atoms with Crippen molar-refractivity contribution in [3.05, 3.63) is 24.0 Å². The molecule has 29 heavy (non-hydrogen) atoms. The third-order valence-electron chi connectivity index (χ3n) is 5.69. The van der Waals surface area contributed by atoms with Crippen molar-refractivity contribution in [1.29, 1.82) is 0 Å². The fraction of sp³-hybridized carbons (Fsp3) is 0.700. The number of alkyl halides is 5. The van der Waals surface area contributed by atoms with Crippen molar-refractivity contribution < 1.29 is 42.0 Å². The van der Waals surface area contributed by atoms with Crippen LogP contribution >= 0.6 is 0 Å². The van der Waals surface area contributed by atoms with Crippen LogP contribution in [0, 0.1) is 23.6 Å². The Labute approximate surface area is 166 Å². The molecular formula is C20H26F6O3. The first-order valence-corrected chi connectivity index (χ1v) is 9.77. The highest BCUT2D eigenvalue weighted by Gasteiger charge is 2.45. The number of benzene rings is 1. The lowest BCUT2D eigenvalue weighted by Crippen LogP contribution is -2.40. The first-order chi connectivity index (χ1) is 13.5. The minimum atomic E-state index is -5.08. The van der Waals surface area contributed by atoms with E-state index in [2.05, 4.69) is 16.4 Å². The van der Waals surface area contributed by atoms with Gasteiger partial charge in [-0.1, -0.05) is 6.92 Å². The molecule has 0 radical (unpaired) electrons. The lowest BCUT2D eigenvalue weighted by molar-refractivity contribution is -0.275. The van der Waals surface area contributed by atoms with E-state index < -0.39 is 35.7 Å². The molecule has 1 aromatic rings. The highest BCUT2D eigenvalue weighted by Crippen LogP contribution is 2.43. The first kappa shape index (κ1) is 22.1. The highest BCUT2D eigenvalue weighted by atomic mass is 19.4. The lowest BCUT2D eigenvalue weighted by atomic mass is 9.77. The van der Waals surface area contributed by atoms with Gasteiger partial charge in [0.25, 0.3) is 0 Å². The summed E-state index contributed by atoms with van der Waals surface area (Å²) in [4.78, 5) is 0. The summed E-state index contributed by atoms with van der Waals surface area (Å²) in [5.41, 5.74) is 0. The van der Waals surface area contributed by atoms with E-state index in [-0.39, 0.29) is 26.3 Å². The SMILES string of the molecule is CC1CCC(C2CCC(C(F)(F)Oc3ccc(OC(F)(F)F)c(F)c3)CC2)OC1.[HH]. The van der Waals surface area contributed by atoms with Gasteiger partial charge in [-0.2, -0.15) is 8.78 Å². The van der Waals surface area contributed by atoms with Crippen LogP contribution in [0.15, 0.2) is 18.2 Å². The number of halogens is 6. The minimum absolute atomic E-state index is 0. The maximum absolute atomic E-state index is 14.5. The quantitative estimate of drug-likeness (QED) is 0.497. The second kappa shape index (κ2) is 8.62. The van der Waals surface area contributed by atoms with Gasteiger partial charge in [-0.05, 0) is 62.5 Å². The van der Waals surface area contributed by atoms with Gasteiger partial charge in [0, 0.05) is 14.1 Å². The van der Waals surface area contributed by atoms with Crippen molar-refractivity contribution in [3.63, 3.8) is 0 Å². The lowest BCUT2D eigenvalue weighted by Gasteiger charge is -2.38. The van der Waals surface area contributed by atoms with Crippen LogP contribution in [0.5, 0.6) is 11.5 Å². The zero-order valence-corrected chi connectivity index (χ0v) is 16.0. The van der Waals surface area contributed by atoms with Gasteiger partial charge < -0.3 is 14.2 Å². The van der Waals surface area contributed by atoms with E-state index in [4.69, 9.17) is 4.74 Å². The Balaban J connectivity index is 0.00000320. The Morgan fingerprint density at radius 1 is 0.966 bits per heavy atom. The zero-order chi connectivity index (χ0) is 21.2. The van der Waals surface area contributed by atoms with Crippen LogP contribution in [0.25, 0.3) is 0 Å². The molecule has 2 atom stereocenters. The molecule has 1 aliphatic heterocycles. The second-order valence-electron chi connectivity index (χ2n) is 7.97. The van der Waals surface area contributed by atoms with E-state index in [0.29, 0.717) is 37.5 Å². The van der Waals surface area contributed by atoms with Gasteiger partial charge in [0.15, 0.2) is 11.6 Å². The van der Waals surface area contributed by atoms with Gasteiger partial charge in [0.2, 0.25) is 0 Å². The summed E-state index contributed by atoms with van der Waals surface area (Å²) in [6, 6.07) is 1.92. The Bertz CT molecular complexity index is 684. The van der Waals surface area contributed by atoms with Crippen LogP contribution in [0.4, 0.5) is 26.3 Å². The first-order valence-electron chi connectivity index (χ1n) is 9.77. The average molecular weight is 428 g/mol. The predicted molar refractivity (Wildman–Crippen MR) is 94.4 cm³/mol. The molecule has 1 heterocycles. The molecule has 2 aliphatic rings. The molecule has 1 saturated carbocycles. The summed E-state index contributed by atoms with van der Waals surface area (Å²) in [7, 11) is 0. The summed E-state index contributed by atoms with van der Waals surface area (Å²) in [5, 5.41) is 0. The molecule has 1 aromatic carbocycles. The third kappa shape index (κ3) is 5.93. The van der Waals surface area contributed by atoms with Gasteiger partial charge in [0.05, 0.1) is 12.0 Å². The molecule has 0 spiro atoms. The molecule has 1 aliphatic carbocycles. The molecule has 2 fully saturated rings. The van der Waals surface area contributed by atoms with Gasteiger partial charge >= 0.3 is 12.5 Å². The molecule has 3 nitrogen and oxygen atoms in total. The Morgan fingerprint density at radius 3 is 2.21 bits per heavy atom. The Morgan fingerprint density at radius 2 is 1.66 bits per heavy atom. The fourth-order valence-corrected chi connectivity index (χ4v) is 4.10. The molecule has 0 N–H and O–H groups in total. The van der Waals surface area contributed by atoms with Gasteiger partial charge in [0.1, 0.15) is 5.75 Å². The van der Waals surface area contributed by atoms with Crippen molar-refractivity contribution in [1.82, 2.24) is 0 Å². The van der Waals surface area contributed by atoms with Gasteiger partial charge in [-0.3, -0.25) is 0 Å². The maximum atomic E-state index is 14.5. The molecule has 0 bridgehead atoms. The summed E-state index contributed by atoms with van der Waals surface area (Å²) < 4.78 is 93.3. The summed E-state index contributed by atoms with van der Waals surface area (Å²) in [6.07, 6.45) is -4.84. The van der Waals surface area contributed by atoms with Crippen molar-refractivity contribution in [3.8, 4) is 11.5 Å². The summed E-state index contributed by atoms with van der Waals surface area (Å²) >= 11 is 0. The highest BCUT2D eigenvalue weighted by molar-refractivity contribution is 5.33. The van der Waals surface area contributed by atoms with E-state index >= 15 is 0 Å². The molecule has 0 amide bonds. The summed E-state index contributed by atoms with van der Waals surface area (Å²) in [5.74, 6) is -3.36. The molecule has 0 aromatic heterocycles. The second-order valence-corrected chi connectivity index (χ2v) is 7.97. The standard InChI is InChI=1S/C20H24F6O3.H2/c1-12-2-8-17(27-11-12)13-3-5-14(6-4-13)19(22,23)28-15-7-9-18(16(21)10-15)29-20(24,25)26;/h7,9-10,12-14,17H,2-6,8,11H2,1H3;1H. The van der Waals surface area contributed by atoms with Crippen molar-refractivity contribution >= 4 is 0 Å². The maximum Gasteiger partial charge on any atom is 0.573 e. The molecular weight excluding hydrogens is 402 g/mol. The van der Waals surface area contributed by atoms with E-state index in [0.717, 1.165) is 18.9 Å². The van der Waals surface area contributed by atoms with Gasteiger partial charge in [-0.15, -0.1) is 13.2 Å². The molecule has 3 rings (SSSR count). The van der Waals surface area contributed by atoms with Gasteiger partial charge in [-0.25, -0.2) is 4.39 Å². The van der Waals surface area contributed by atoms with Crippen molar-refractivity contribution in [2.75, 3.05) is 6.61 Å². The van der Waals surface area contributed by atoms with Crippen LogP contribution in [-0.2, 0) is 4.74 Å². The number of rotatable bonds is 5. The van der Waals surface area contributed by atoms with E-state index in [9.17, 15) is 26.3 Å². The van der Waals surface area contributed by atoms with E-state index in [1.807, 2.05) is 0 Å². The van der Waals surface area contributed by atoms with Crippen LogP contribution in [0.1, 0.15) is 46.9 Å². The number of ether oxygens (including phenoxy) is 3. The third-order valence-corrected chi connectivity index (χ3v) is 5.69.